The van der Waals surface area contributed by atoms with Gasteiger partial charge in [0.15, 0.2) is 25.0 Å². The number of hydrogen-bond donors (Lipinski definition) is 0. The second-order valence-corrected chi connectivity index (χ2v) is 33.8. The second-order valence-electron chi connectivity index (χ2n) is 16.6. The van der Waals surface area contributed by atoms with Gasteiger partial charge < -0.3 is 13.3 Å². The van der Waals surface area contributed by atoms with Crippen LogP contribution >= 0.6 is 23.5 Å². The van der Waals surface area contributed by atoms with Crippen molar-refractivity contribution in [2.75, 3.05) is 18.1 Å². The van der Waals surface area contributed by atoms with Crippen LogP contribution in [0.15, 0.2) is 0 Å². The zero-order chi connectivity index (χ0) is 30.5. The lowest BCUT2D eigenvalue weighted by atomic mass is 9.93. The predicted molar refractivity (Wildman–Crippen MR) is 188 cm³/mol. The first-order chi connectivity index (χ1) is 17.4. The largest absolute Gasteiger partial charge is 0.417 e. The Kier molecular flexibility index (Phi) is 14.5. The molecule has 1 aliphatic rings. The van der Waals surface area contributed by atoms with E-state index in [1.54, 1.807) is 0 Å². The molecule has 1 fully saturated rings. The maximum atomic E-state index is 7.29. The summed E-state index contributed by atoms with van der Waals surface area (Å²) in [6, 6.07) is 0. The molecule has 39 heavy (non-hydrogen) atoms. The molecule has 0 aromatic rings. The molecule has 0 saturated carbocycles. The third kappa shape index (κ3) is 12.0. The van der Waals surface area contributed by atoms with Crippen molar-refractivity contribution in [2.24, 2.45) is 5.92 Å². The van der Waals surface area contributed by atoms with Gasteiger partial charge in [-0.25, -0.2) is 0 Å². The molecule has 3 atom stereocenters. The molecule has 1 saturated heterocycles. The molecule has 0 amide bonds. The molecule has 8 heteroatoms. The highest BCUT2D eigenvalue weighted by molar-refractivity contribution is 8.17. The third-order valence-electron chi connectivity index (χ3n) is 10.2. The zero-order valence-corrected chi connectivity index (χ0v) is 33.6. The number of hydrogen-bond acceptors (Lipinski definition) is 5. The highest BCUT2D eigenvalue weighted by Crippen LogP contribution is 2.44. The number of thioether (sulfide) groups is 2. The van der Waals surface area contributed by atoms with Crippen LogP contribution < -0.4 is 0 Å². The quantitative estimate of drug-likeness (QED) is 0.140. The van der Waals surface area contributed by atoms with Crippen molar-refractivity contribution < 1.29 is 13.3 Å². The molecule has 0 aromatic carbocycles. The van der Waals surface area contributed by atoms with Crippen molar-refractivity contribution in [1.29, 1.82) is 0 Å². The van der Waals surface area contributed by atoms with Gasteiger partial charge in [-0.05, 0) is 98.0 Å². The van der Waals surface area contributed by atoms with Crippen molar-refractivity contribution in [1.82, 2.24) is 0 Å². The van der Waals surface area contributed by atoms with Crippen LogP contribution in [0.1, 0.15) is 101 Å². The highest BCUT2D eigenvalue weighted by Gasteiger charge is 2.45. The van der Waals surface area contributed by atoms with Gasteiger partial charge in [-0.2, -0.15) is 0 Å². The number of rotatable bonds is 14. The molecule has 1 rings (SSSR count). The Hall–Kier alpha value is 1.23. The van der Waals surface area contributed by atoms with Crippen molar-refractivity contribution in [3.63, 3.8) is 0 Å². The highest BCUT2D eigenvalue weighted by atomic mass is 32.2. The minimum absolute atomic E-state index is 0.196. The van der Waals surface area contributed by atoms with Crippen LogP contribution in [0.3, 0.4) is 0 Å². The fourth-order valence-electron chi connectivity index (χ4n) is 4.00. The Morgan fingerprint density at radius 3 is 1.54 bits per heavy atom. The molecule has 1 aliphatic heterocycles. The van der Waals surface area contributed by atoms with E-state index < -0.39 is 25.0 Å². The van der Waals surface area contributed by atoms with Gasteiger partial charge in [-0.1, -0.05) is 69.2 Å². The van der Waals surface area contributed by atoms with Crippen LogP contribution in [0.5, 0.6) is 0 Å². The molecule has 3 nitrogen and oxygen atoms in total. The monoisotopic (exact) mass is 636 g/mol. The van der Waals surface area contributed by atoms with E-state index in [1.165, 1.54) is 17.9 Å². The first-order valence-electron chi connectivity index (χ1n) is 15.6. The molecular formula is C31H68O3S2Si3. The minimum atomic E-state index is -1.93. The lowest BCUT2D eigenvalue weighted by Gasteiger charge is -2.46. The van der Waals surface area contributed by atoms with E-state index in [9.17, 15) is 0 Å². The summed E-state index contributed by atoms with van der Waals surface area (Å²) in [5.41, 5.74) is 0. The van der Waals surface area contributed by atoms with Gasteiger partial charge in [-0.3, -0.25) is 0 Å². The van der Waals surface area contributed by atoms with Crippen LogP contribution in [-0.4, -0.2) is 59.9 Å². The lowest BCUT2D eigenvalue weighted by Crippen LogP contribution is -2.51. The summed E-state index contributed by atoms with van der Waals surface area (Å²) in [7, 11) is -5.54. The summed E-state index contributed by atoms with van der Waals surface area (Å²) in [4.78, 5) is 0. The predicted octanol–water partition coefficient (Wildman–Crippen LogP) is 11.2. The minimum Gasteiger partial charge on any atom is -0.417 e. The van der Waals surface area contributed by atoms with Gasteiger partial charge in [0.25, 0.3) is 0 Å². The molecule has 0 spiro atoms. The van der Waals surface area contributed by atoms with Crippen LogP contribution in [-0.2, 0) is 13.3 Å². The summed E-state index contributed by atoms with van der Waals surface area (Å²) in [6.07, 6.45) is 6.30. The Labute approximate surface area is 257 Å². The molecular weight excluding hydrogens is 569 g/mol. The van der Waals surface area contributed by atoms with Crippen LogP contribution in [0.25, 0.3) is 0 Å². The Morgan fingerprint density at radius 2 is 1.10 bits per heavy atom. The van der Waals surface area contributed by atoms with E-state index in [2.05, 4.69) is 132 Å². The Bertz CT molecular complexity index is 718. The topological polar surface area (TPSA) is 27.7 Å². The van der Waals surface area contributed by atoms with Crippen LogP contribution in [0.2, 0.25) is 54.4 Å². The standard InChI is InChI=1S/C31H68O3S2Si3/c1-25(27(24-28-35-22-19-23-36-28)34-39(15,16)31(8,9)10)26(33-38(13,14)30(5,6)7)20-17-18-21-32-37(11,12)29(2,3)4/h25-28H,17-24H2,1-16H3/t25-,26+,27-/m0/s1. The average molecular weight is 637 g/mol. The van der Waals surface area contributed by atoms with E-state index in [-0.39, 0.29) is 27.3 Å². The molecule has 0 N–H and O–H groups in total. The van der Waals surface area contributed by atoms with E-state index in [0.29, 0.717) is 10.5 Å². The Balaban J connectivity index is 3.14. The molecule has 0 bridgehead atoms. The molecule has 0 radical (unpaired) electrons. The average Bonchev–Trinajstić information content (AvgIpc) is 2.75. The van der Waals surface area contributed by atoms with Crippen LogP contribution in [0.4, 0.5) is 0 Å². The van der Waals surface area contributed by atoms with E-state index in [0.717, 1.165) is 32.3 Å². The van der Waals surface area contributed by atoms with E-state index in [4.69, 9.17) is 13.3 Å². The second kappa shape index (κ2) is 14.8. The van der Waals surface area contributed by atoms with Gasteiger partial charge in [0.1, 0.15) is 0 Å². The summed E-state index contributed by atoms with van der Waals surface area (Å²) >= 11 is 4.31. The van der Waals surface area contributed by atoms with Gasteiger partial charge in [0, 0.05) is 12.5 Å². The fraction of sp³-hybridized carbons (Fsp3) is 1.00. The van der Waals surface area contributed by atoms with Gasteiger partial charge in [-0.15, -0.1) is 23.5 Å². The normalized spacial score (nSPS) is 19.7. The molecule has 0 aromatic heterocycles. The third-order valence-corrected chi connectivity index (χ3v) is 26.7. The molecule has 0 unspecified atom stereocenters. The summed E-state index contributed by atoms with van der Waals surface area (Å²) < 4.78 is 21.7. The van der Waals surface area contributed by atoms with Crippen molar-refractivity contribution in [2.45, 2.75) is 173 Å². The fourth-order valence-corrected chi connectivity index (χ4v) is 10.9. The number of unbranched alkanes of at least 4 members (excludes halogenated alkanes) is 1. The molecule has 0 aliphatic carbocycles. The van der Waals surface area contributed by atoms with Gasteiger partial charge >= 0.3 is 0 Å². The summed E-state index contributed by atoms with van der Waals surface area (Å²) in [5, 5.41) is 0.662. The van der Waals surface area contributed by atoms with Gasteiger partial charge in [0.05, 0.1) is 16.8 Å². The first kappa shape index (κ1) is 38.3. The maximum absolute atomic E-state index is 7.29. The van der Waals surface area contributed by atoms with E-state index >= 15 is 0 Å². The smallest absolute Gasteiger partial charge is 0.192 e. The SMILES string of the molecule is C[C@H]([C@H](CC1SCCCS1)O[Si](C)(C)C(C)(C)C)[C@@H](CCCCO[Si](C)(C)C(C)(C)C)O[Si](C)(C)C(C)(C)C. The first-order valence-corrected chi connectivity index (χ1v) is 26.5. The van der Waals surface area contributed by atoms with E-state index in [1.807, 2.05) is 0 Å². The van der Waals surface area contributed by atoms with Crippen molar-refractivity contribution in [3.05, 3.63) is 0 Å². The van der Waals surface area contributed by atoms with Gasteiger partial charge in [0.2, 0.25) is 0 Å². The Morgan fingerprint density at radius 1 is 0.667 bits per heavy atom. The maximum Gasteiger partial charge on any atom is 0.192 e. The van der Waals surface area contributed by atoms with Crippen molar-refractivity contribution >= 4 is 48.5 Å². The van der Waals surface area contributed by atoms with Crippen molar-refractivity contribution in [3.8, 4) is 0 Å². The summed E-state index contributed by atoms with van der Waals surface area (Å²) in [5.74, 6) is 2.95. The molecule has 234 valence electrons. The van der Waals surface area contributed by atoms with Crippen LogP contribution in [0, 0.1) is 5.92 Å². The molecule has 1 heterocycles. The lowest BCUT2D eigenvalue weighted by molar-refractivity contribution is 0.0268. The zero-order valence-electron chi connectivity index (χ0n) is 29.0. The summed E-state index contributed by atoms with van der Waals surface area (Å²) in [6.45, 7) is 38.9.